The summed E-state index contributed by atoms with van der Waals surface area (Å²) in [4.78, 5) is 5.61. The van der Waals surface area contributed by atoms with Gasteiger partial charge in [-0.05, 0) is 54.4 Å². The molecule has 0 radical (unpaired) electrons. The van der Waals surface area contributed by atoms with Crippen LogP contribution < -0.4 is 10.0 Å². The monoisotopic (exact) mass is 345 g/mol. The number of sulfonamides is 1. The minimum atomic E-state index is -3.68. The number of halogens is 1. The number of benzene rings is 2. The Balaban J connectivity index is 1.66. The third-order valence-electron chi connectivity index (χ3n) is 4.47. The van der Waals surface area contributed by atoms with Gasteiger partial charge in [0.15, 0.2) is 0 Å². The molecule has 5 nitrogen and oxygen atoms in total. The van der Waals surface area contributed by atoms with Gasteiger partial charge in [0, 0.05) is 28.8 Å². The molecule has 4 rings (SSSR count). The van der Waals surface area contributed by atoms with Gasteiger partial charge < -0.3 is 9.88 Å². The molecule has 1 aliphatic heterocycles. The van der Waals surface area contributed by atoms with Gasteiger partial charge in [-0.3, -0.25) is 0 Å². The van der Waals surface area contributed by atoms with Gasteiger partial charge in [0.2, 0.25) is 10.0 Å². The first-order chi connectivity index (χ1) is 11.4. The lowest BCUT2D eigenvalue weighted by molar-refractivity contribution is 0.597. The largest absolute Gasteiger partial charge is 0.365 e. The zero-order valence-electron chi connectivity index (χ0n) is 12.8. The van der Waals surface area contributed by atoms with Crippen LogP contribution in [-0.4, -0.2) is 19.9 Å². The zero-order chi connectivity index (χ0) is 16.9. The highest BCUT2D eigenvalue weighted by Gasteiger charge is 2.21. The Hall–Kier alpha value is -2.38. The van der Waals surface area contributed by atoms with Crippen LogP contribution in [0.2, 0.25) is 0 Å². The van der Waals surface area contributed by atoms with Crippen LogP contribution in [0.3, 0.4) is 0 Å². The fourth-order valence-electron chi connectivity index (χ4n) is 3.28. The highest BCUT2D eigenvalue weighted by molar-refractivity contribution is 7.89. The highest BCUT2D eigenvalue weighted by atomic mass is 32.2. The van der Waals surface area contributed by atoms with E-state index >= 15 is 0 Å². The van der Waals surface area contributed by atoms with Gasteiger partial charge in [-0.25, -0.2) is 17.9 Å². The molecule has 0 atom stereocenters. The Morgan fingerprint density at radius 1 is 1.12 bits per heavy atom. The molecule has 3 N–H and O–H groups in total. The van der Waals surface area contributed by atoms with E-state index in [0.29, 0.717) is 6.54 Å². The second kappa shape index (κ2) is 5.32. The number of hydrogen-bond donors (Lipinski definition) is 2. The lowest BCUT2D eigenvalue weighted by Crippen LogP contribution is -2.30. The van der Waals surface area contributed by atoms with E-state index < -0.39 is 10.0 Å². The van der Waals surface area contributed by atoms with Crippen LogP contribution in [0.25, 0.3) is 10.9 Å². The van der Waals surface area contributed by atoms with Crippen molar-refractivity contribution < 1.29 is 12.8 Å². The van der Waals surface area contributed by atoms with E-state index in [1.807, 2.05) is 0 Å². The van der Waals surface area contributed by atoms with Crippen LogP contribution in [0.4, 0.5) is 10.1 Å². The highest BCUT2D eigenvalue weighted by Crippen LogP contribution is 2.30. The molecule has 0 unspecified atom stereocenters. The standard InChI is InChI=1S/C17H16FN3O2S/c18-11-1-6-16-15(9-11)14-7-8-21(10-17(14)20-16)12-2-4-13(5-3-12)24(19,22)23/h1-6,9,20H,7-8,10H2,(H2,19,22,23). The Labute approximate surface area is 138 Å². The number of nitrogens with zero attached hydrogens (tertiary/aromatic N) is 1. The van der Waals surface area contributed by atoms with Crippen molar-refractivity contribution in [1.82, 2.24) is 4.98 Å². The van der Waals surface area contributed by atoms with Crippen LogP contribution in [-0.2, 0) is 23.0 Å². The molecule has 124 valence electrons. The van der Waals surface area contributed by atoms with E-state index in [0.717, 1.165) is 40.8 Å². The summed E-state index contributed by atoms with van der Waals surface area (Å²) in [6.45, 7) is 1.45. The first-order valence-electron chi connectivity index (χ1n) is 7.58. The summed E-state index contributed by atoms with van der Waals surface area (Å²) in [5, 5.41) is 6.07. The minimum absolute atomic E-state index is 0.102. The Bertz CT molecular complexity index is 1030. The maximum atomic E-state index is 13.5. The molecular formula is C17H16FN3O2S. The van der Waals surface area contributed by atoms with E-state index in [1.54, 1.807) is 24.3 Å². The van der Waals surface area contributed by atoms with Crippen molar-refractivity contribution in [2.75, 3.05) is 11.4 Å². The van der Waals surface area contributed by atoms with Gasteiger partial charge in [0.05, 0.1) is 11.4 Å². The number of hydrogen-bond acceptors (Lipinski definition) is 3. The van der Waals surface area contributed by atoms with Crippen LogP contribution in [0.5, 0.6) is 0 Å². The quantitative estimate of drug-likeness (QED) is 0.749. The van der Waals surface area contributed by atoms with E-state index in [4.69, 9.17) is 5.14 Å². The Kier molecular flexibility index (Phi) is 3.36. The minimum Gasteiger partial charge on any atom is -0.365 e. The van der Waals surface area contributed by atoms with E-state index in [-0.39, 0.29) is 10.7 Å². The van der Waals surface area contributed by atoms with Crippen molar-refractivity contribution in [2.45, 2.75) is 17.9 Å². The summed E-state index contributed by atoms with van der Waals surface area (Å²) in [6.07, 6.45) is 0.801. The molecule has 0 saturated carbocycles. The maximum absolute atomic E-state index is 13.5. The molecule has 24 heavy (non-hydrogen) atoms. The van der Waals surface area contributed by atoms with Gasteiger partial charge in [0.1, 0.15) is 5.82 Å². The fourth-order valence-corrected chi connectivity index (χ4v) is 3.80. The molecule has 3 aromatic rings. The van der Waals surface area contributed by atoms with Gasteiger partial charge in [-0.1, -0.05) is 0 Å². The number of rotatable bonds is 2. The Morgan fingerprint density at radius 2 is 1.88 bits per heavy atom. The van der Waals surface area contributed by atoms with Crippen LogP contribution >= 0.6 is 0 Å². The molecule has 0 fully saturated rings. The number of fused-ring (bicyclic) bond motifs is 3. The molecule has 2 heterocycles. The SMILES string of the molecule is NS(=O)(=O)c1ccc(N2CCc3c([nH]c4ccc(F)cc34)C2)cc1. The molecule has 0 aliphatic carbocycles. The van der Waals surface area contributed by atoms with Crippen molar-refractivity contribution >= 4 is 26.6 Å². The molecule has 2 aromatic carbocycles. The van der Waals surface area contributed by atoms with Gasteiger partial charge >= 0.3 is 0 Å². The third kappa shape index (κ3) is 2.55. The van der Waals surface area contributed by atoms with Crippen molar-refractivity contribution in [3.63, 3.8) is 0 Å². The maximum Gasteiger partial charge on any atom is 0.238 e. The predicted octanol–water partition coefficient (Wildman–Crippen LogP) is 2.52. The van der Waals surface area contributed by atoms with Crippen molar-refractivity contribution in [3.05, 3.63) is 59.5 Å². The average molecular weight is 345 g/mol. The number of aromatic nitrogens is 1. The molecule has 0 saturated heterocycles. The number of H-pyrrole nitrogens is 1. The zero-order valence-corrected chi connectivity index (χ0v) is 13.6. The summed E-state index contributed by atoms with van der Waals surface area (Å²) < 4.78 is 36.2. The van der Waals surface area contributed by atoms with Crippen molar-refractivity contribution in [3.8, 4) is 0 Å². The number of nitrogens with two attached hydrogens (primary N) is 1. The Morgan fingerprint density at radius 3 is 2.58 bits per heavy atom. The first kappa shape index (κ1) is 15.2. The van der Waals surface area contributed by atoms with Gasteiger partial charge in [-0.15, -0.1) is 0 Å². The van der Waals surface area contributed by atoms with Crippen LogP contribution in [0.1, 0.15) is 11.3 Å². The van der Waals surface area contributed by atoms with Crippen LogP contribution in [0.15, 0.2) is 47.4 Å². The third-order valence-corrected chi connectivity index (χ3v) is 5.40. The molecule has 1 aromatic heterocycles. The molecule has 0 spiro atoms. The summed E-state index contributed by atoms with van der Waals surface area (Å²) in [6, 6.07) is 11.3. The average Bonchev–Trinajstić information content (AvgIpc) is 2.91. The predicted molar refractivity (Wildman–Crippen MR) is 90.8 cm³/mol. The molecule has 0 bridgehead atoms. The lowest BCUT2D eigenvalue weighted by Gasteiger charge is -2.29. The van der Waals surface area contributed by atoms with E-state index in [2.05, 4.69) is 9.88 Å². The fraction of sp³-hybridized carbons (Fsp3) is 0.176. The number of nitrogens with one attached hydrogen (secondary N) is 1. The first-order valence-corrected chi connectivity index (χ1v) is 9.13. The summed E-state index contributed by atoms with van der Waals surface area (Å²) >= 11 is 0. The molecule has 0 amide bonds. The molecule has 7 heteroatoms. The summed E-state index contributed by atoms with van der Waals surface area (Å²) in [7, 11) is -3.68. The van der Waals surface area contributed by atoms with Crippen LogP contribution in [0, 0.1) is 5.82 Å². The number of anilines is 1. The van der Waals surface area contributed by atoms with Crippen molar-refractivity contribution in [2.24, 2.45) is 5.14 Å². The smallest absolute Gasteiger partial charge is 0.238 e. The second-order valence-corrected chi connectivity index (χ2v) is 7.54. The molecular weight excluding hydrogens is 329 g/mol. The summed E-state index contributed by atoms with van der Waals surface area (Å²) in [5.74, 6) is -0.231. The van der Waals surface area contributed by atoms with Crippen molar-refractivity contribution in [1.29, 1.82) is 0 Å². The van der Waals surface area contributed by atoms with E-state index in [1.165, 1.54) is 18.2 Å². The van der Waals surface area contributed by atoms with Gasteiger partial charge in [-0.2, -0.15) is 0 Å². The van der Waals surface area contributed by atoms with E-state index in [9.17, 15) is 12.8 Å². The molecule has 1 aliphatic rings. The van der Waals surface area contributed by atoms with Gasteiger partial charge in [0.25, 0.3) is 0 Å². The second-order valence-electron chi connectivity index (χ2n) is 5.98. The summed E-state index contributed by atoms with van der Waals surface area (Å²) in [5.41, 5.74) is 4.09. The topological polar surface area (TPSA) is 79.2 Å². The number of aromatic amines is 1. The number of primary sulfonamides is 1. The normalized spacial score (nSPS) is 14.8. The lowest BCUT2D eigenvalue weighted by atomic mass is 10.0.